The SMILES string of the molecule is CC(C)C(NC(=O)C(NC(=O)C(CCC(N)=O)NC(=O)C(N)CS)C(C)C)C(=O)O. The molecule has 0 aliphatic rings. The van der Waals surface area contributed by atoms with Crippen LogP contribution in [0.4, 0.5) is 0 Å². The topological polar surface area (TPSA) is 194 Å². The van der Waals surface area contributed by atoms with Crippen LogP contribution in [0.1, 0.15) is 40.5 Å². The van der Waals surface area contributed by atoms with Crippen molar-refractivity contribution >= 4 is 42.2 Å². The molecule has 0 aromatic heterocycles. The van der Waals surface area contributed by atoms with E-state index in [1.807, 2.05) is 0 Å². The molecule has 0 bridgehead atoms. The highest BCUT2D eigenvalue weighted by Gasteiger charge is 2.32. The molecule has 0 aromatic carbocycles. The van der Waals surface area contributed by atoms with Crippen molar-refractivity contribution in [1.29, 1.82) is 0 Å². The summed E-state index contributed by atoms with van der Waals surface area (Å²) < 4.78 is 0. The maximum absolute atomic E-state index is 12.7. The summed E-state index contributed by atoms with van der Waals surface area (Å²) >= 11 is 3.93. The molecule has 12 heteroatoms. The largest absolute Gasteiger partial charge is 0.480 e. The van der Waals surface area contributed by atoms with Crippen LogP contribution in [0, 0.1) is 11.8 Å². The number of amides is 4. The highest BCUT2D eigenvalue weighted by molar-refractivity contribution is 7.80. The molecule has 172 valence electrons. The predicted octanol–water partition coefficient (Wildman–Crippen LogP) is -1.64. The van der Waals surface area contributed by atoms with E-state index in [0.717, 1.165) is 0 Å². The average Bonchev–Trinajstić information content (AvgIpc) is 2.64. The Hall–Kier alpha value is -2.34. The molecule has 0 aliphatic carbocycles. The van der Waals surface area contributed by atoms with E-state index in [0.29, 0.717) is 0 Å². The van der Waals surface area contributed by atoms with Gasteiger partial charge in [-0.15, -0.1) is 0 Å². The lowest BCUT2D eigenvalue weighted by Gasteiger charge is -2.27. The Kier molecular flexibility index (Phi) is 12.0. The van der Waals surface area contributed by atoms with E-state index in [1.54, 1.807) is 27.7 Å². The number of carboxylic acid groups (broad SMARTS) is 1. The minimum atomic E-state index is -1.19. The van der Waals surface area contributed by atoms with Gasteiger partial charge in [-0.05, 0) is 18.3 Å². The molecular formula is C18H33N5O6S. The van der Waals surface area contributed by atoms with Gasteiger partial charge < -0.3 is 32.5 Å². The Balaban J connectivity index is 5.43. The van der Waals surface area contributed by atoms with Crippen molar-refractivity contribution in [3.8, 4) is 0 Å². The number of nitrogens with two attached hydrogens (primary N) is 2. The summed E-state index contributed by atoms with van der Waals surface area (Å²) in [6.45, 7) is 6.62. The molecule has 30 heavy (non-hydrogen) atoms. The van der Waals surface area contributed by atoms with Gasteiger partial charge in [-0.3, -0.25) is 19.2 Å². The summed E-state index contributed by atoms with van der Waals surface area (Å²) in [5, 5.41) is 16.6. The molecule has 11 nitrogen and oxygen atoms in total. The maximum atomic E-state index is 12.7. The fraction of sp³-hybridized carbons (Fsp3) is 0.722. The fourth-order valence-electron chi connectivity index (χ4n) is 2.46. The van der Waals surface area contributed by atoms with Crippen LogP contribution in [0.15, 0.2) is 0 Å². The van der Waals surface area contributed by atoms with Gasteiger partial charge >= 0.3 is 5.97 Å². The number of hydrogen-bond donors (Lipinski definition) is 7. The van der Waals surface area contributed by atoms with E-state index in [4.69, 9.17) is 11.5 Å². The number of aliphatic carboxylic acids is 1. The van der Waals surface area contributed by atoms with E-state index in [2.05, 4.69) is 28.6 Å². The van der Waals surface area contributed by atoms with Crippen LogP contribution < -0.4 is 27.4 Å². The number of hydrogen-bond acceptors (Lipinski definition) is 7. The quantitative estimate of drug-likeness (QED) is 0.164. The van der Waals surface area contributed by atoms with E-state index in [1.165, 1.54) is 0 Å². The number of carboxylic acids is 1. The Bertz CT molecular complexity index is 643. The van der Waals surface area contributed by atoms with E-state index < -0.39 is 53.8 Å². The fourth-order valence-corrected chi connectivity index (χ4v) is 2.63. The Morgan fingerprint density at radius 3 is 1.77 bits per heavy atom. The maximum Gasteiger partial charge on any atom is 0.326 e. The zero-order valence-corrected chi connectivity index (χ0v) is 18.6. The van der Waals surface area contributed by atoms with E-state index in [9.17, 15) is 29.1 Å². The number of carbonyl (C=O) groups is 5. The zero-order chi connectivity index (χ0) is 23.6. The summed E-state index contributed by atoms with van der Waals surface area (Å²) in [5.41, 5.74) is 10.7. The standard InChI is InChI=1S/C18H33N5O6S/c1-8(2)13(17(27)23-14(9(3)4)18(28)29)22-16(26)11(5-6-12(20)24)21-15(25)10(19)7-30/h8-11,13-14,30H,5-7,19H2,1-4H3,(H2,20,24)(H,21,25)(H,22,26)(H,23,27)(H,28,29). The van der Waals surface area contributed by atoms with Gasteiger partial charge in [0.05, 0.1) is 6.04 Å². The van der Waals surface area contributed by atoms with Crippen molar-refractivity contribution in [3.05, 3.63) is 0 Å². The Labute approximate surface area is 181 Å². The lowest BCUT2D eigenvalue weighted by atomic mass is 9.99. The molecule has 4 unspecified atom stereocenters. The van der Waals surface area contributed by atoms with Crippen molar-refractivity contribution in [2.75, 3.05) is 5.75 Å². The molecule has 0 aliphatic heterocycles. The van der Waals surface area contributed by atoms with Gasteiger partial charge in [0.25, 0.3) is 0 Å². The normalized spacial score (nSPS) is 15.1. The smallest absolute Gasteiger partial charge is 0.326 e. The van der Waals surface area contributed by atoms with Crippen LogP contribution >= 0.6 is 12.6 Å². The van der Waals surface area contributed by atoms with Crippen LogP contribution in [-0.4, -0.2) is 64.6 Å². The summed E-state index contributed by atoms with van der Waals surface area (Å²) in [7, 11) is 0. The van der Waals surface area contributed by atoms with Gasteiger partial charge in [0.1, 0.15) is 18.1 Å². The zero-order valence-electron chi connectivity index (χ0n) is 17.7. The molecule has 0 rings (SSSR count). The monoisotopic (exact) mass is 447 g/mol. The third-order valence-electron chi connectivity index (χ3n) is 4.32. The van der Waals surface area contributed by atoms with Gasteiger partial charge in [0.15, 0.2) is 0 Å². The van der Waals surface area contributed by atoms with Gasteiger partial charge in [0.2, 0.25) is 23.6 Å². The second-order valence-electron chi connectivity index (χ2n) is 7.65. The molecule has 0 saturated carbocycles. The van der Waals surface area contributed by atoms with Crippen molar-refractivity contribution in [1.82, 2.24) is 16.0 Å². The Morgan fingerprint density at radius 2 is 1.37 bits per heavy atom. The molecule has 0 aromatic rings. The summed E-state index contributed by atoms with van der Waals surface area (Å²) in [5.74, 6) is -4.63. The molecule has 0 spiro atoms. The highest BCUT2D eigenvalue weighted by Crippen LogP contribution is 2.08. The molecule has 0 radical (unpaired) electrons. The summed E-state index contributed by atoms with van der Waals surface area (Å²) in [4.78, 5) is 59.9. The molecule has 0 fully saturated rings. The highest BCUT2D eigenvalue weighted by atomic mass is 32.1. The number of thiol groups is 1. The third-order valence-corrected chi connectivity index (χ3v) is 4.72. The minimum Gasteiger partial charge on any atom is -0.480 e. The van der Waals surface area contributed by atoms with Crippen LogP contribution in [0.25, 0.3) is 0 Å². The molecule has 4 amide bonds. The van der Waals surface area contributed by atoms with Gasteiger partial charge in [0, 0.05) is 12.2 Å². The molecule has 4 atom stereocenters. The van der Waals surface area contributed by atoms with Crippen molar-refractivity contribution in [2.24, 2.45) is 23.3 Å². The van der Waals surface area contributed by atoms with Crippen LogP contribution in [0.3, 0.4) is 0 Å². The first-order valence-electron chi connectivity index (χ1n) is 9.60. The van der Waals surface area contributed by atoms with Gasteiger partial charge in [-0.1, -0.05) is 27.7 Å². The van der Waals surface area contributed by atoms with Gasteiger partial charge in [-0.2, -0.15) is 12.6 Å². The van der Waals surface area contributed by atoms with E-state index in [-0.39, 0.29) is 30.4 Å². The molecule has 8 N–H and O–H groups in total. The number of rotatable bonds is 13. The summed E-state index contributed by atoms with van der Waals surface area (Å²) in [6, 6.07) is -4.33. The van der Waals surface area contributed by atoms with Crippen molar-refractivity contribution < 1.29 is 29.1 Å². The van der Waals surface area contributed by atoms with Crippen molar-refractivity contribution in [3.63, 3.8) is 0 Å². The molecule has 0 saturated heterocycles. The molecule has 0 heterocycles. The first kappa shape index (κ1) is 27.7. The van der Waals surface area contributed by atoms with Crippen molar-refractivity contribution in [2.45, 2.75) is 64.7 Å². The summed E-state index contributed by atoms with van der Waals surface area (Å²) in [6.07, 6.45) is -0.274. The first-order valence-corrected chi connectivity index (χ1v) is 10.2. The average molecular weight is 448 g/mol. The van der Waals surface area contributed by atoms with Crippen LogP contribution in [0.2, 0.25) is 0 Å². The minimum absolute atomic E-state index is 0.0405. The first-order chi connectivity index (χ1) is 13.8. The second kappa shape index (κ2) is 13.1. The van der Waals surface area contributed by atoms with Gasteiger partial charge in [-0.25, -0.2) is 4.79 Å². The van der Waals surface area contributed by atoms with Crippen LogP contribution in [-0.2, 0) is 24.0 Å². The predicted molar refractivity (Wildman–Crippen MR) is 113 cm³/mol. The Morgan fingerprint density at radius 1 is 0.867 bits per heavy atom. The number of primary amides is 1. The van der Waals surface area contributed by atoms with E-state index >= 15 is 0 Å². The lowest BCUT2D eigenvalue weighted by Crippen LogP contribution is -2.59. The number of nitrogens with one attached hydrogen (secondary N) is 3. The lowest BCUT2D eigenvalue weighted by molar-refractivity contribution is -0.143. The molecular weight excluding hydrogens is 414 g/mol. The van der Waals surface area contributed by atoms with Crippen LogP contribution in [0.5, 0.6) is 0 Å². The second-order valence-corrected chi connectivity index (χ2v) is 8.02. The third kappa shape index (κ3) is 9.44. The number of carbonyl (C=O) groups excluding carboxylic acids is 4.